The van der Waals surface area contributed by atoms with Crippen molar-refractivity contribution < 1.29 is 0 Å². The molecule has 2 aromatic heterocycles. The molecule has 4 heteroatoms. The van der Waals surface area contributed by atoms with Gasteiger partial charge in [-0.1, -0.05) is 36.4 Å². The van der Waals surface area contributed by atoms with Crippen molar-refractivity contribution in [2.24, 2.45) is 0 Å². The molecule has 0 unspecified atom stereocenters. The van der Waals surface area contributed by atoms with Crippen molar-refractivity contribution in [3.8, 4) is 11.3 Å². The Hall–Kier alpha value is -2.75. The van der Waals surface area contributed by atoms with Gasteiger partial charge in [-0.05, 0) is 11.6 Å². The maximum Gasteiger partial charge on any atom is 0.130 e. The van der Waals surface area contributed by atoms with Crippen molar-refractivity contribution in [3.05, 3.63) is 72.8 Å². The summed E-state index contributed by atoms with van der Waals surface area (Å²) in [6, 6.07) is 16.0. The number of nitrogens with one attached hydrogen (secondary N) is 1. The molecule has 0 amide bonds. The van der Waals surface area contributed by atoms with E-state index in [1.54, 1.807) is 12.5 Å². The Bertz CT molecular complexity index is 668. The molecule has 0 aliphatic rings. The number of aromatic nitrogens is 3. The maximum atomic E-state index is 4.30. The van der Waals surface area contributed by atoms with E-state index in [0.717, 1.165) is 22.6 Å². The van der Waals surface area contributed by atoms with E-state index in [1.807, 2.05) is 54.7 Å². The van der Waals surface area contributed by atoms with Gasteiger partial charge in [0.1, 0.15) is 12.1 Å². The van der Waals surface area contributed by atoms with Gasteiger partial charge in [0.2, 0.25) is 0 Å². The molecule has 3 aromatic rings. The zero-order valence-electron chi connectivity index (χ0n) is 10.9. The fourth-order valence-electron chi connectivity index (χ4n) is 1.92. The minimum atomic E-state index is 0.694. The molecule has 0 atom stereocenters. The normalized spacial score (nSPS) is 10.2. The fraction of sp³-hybridized carbons (Fsp3) is 0.0625. The summed E-state index contributed by atoms with van der Waals surface area (Å²) in [5, 5.41) is 3.28. The van der Waals surface area contributed by atoms with Crippen LogP contribution in [0.5, 0.6) is 0 Å². The summed E-state index contributed by atoms with van der Waals surface area (Å²) in [5.74, 6) is 0.808. The third-order valence-electron chi connectivity index (χ3n) is 2.93. The molecule has 3 rings (SSSR count). The molecule has 0 aliphatic heterocycles. The Morgan fingerprint density at radius 1 is 0.950 bits per heavy atom. The van der Waals surface area contributed by atoms with E-state index in [9.17, 15) is 0 Å². The number of hydrogen-bond acceptors (Lipinski definition) is 4. The van der Waals surface area contributed by atoms with Gasteiger partial charge in [-0.2, -0.15) is 0 Å². The quantitative estimate of drug-likeness (QED) is 0.784. The lowest BCUT2D eigenvalue weighted by atomic mass is 10.1. The summed E-state index contributed by atoms with van der Waals surface area (Å²) in [5.41, 5.74) is 3.11. The van der Waals surface area contributed by atoms with E-state index >= 15 is 0 Å². The van der Waals surface area contributed by atoms with Crippen LogP contribution in [0.25, 0.3) is 11.3 Å². The first-order valence-electron chi connectivity index (χ1n) is 6.42. The highest BCUT2D eigenvalue weighted by atomic mass is 15.0. The van der Waals surface area contributed by atoms with Crippen molar-refractivity contribution in [1.29, 1.82) is 0 Å². The van der Waals surface area contributed by atoms with Crippen LogP contribution in [-0.4, -0.2) is 15.0 Å². The van der Waals surface area contributed by atoms with Crippen molar-refractivity contribution >= 4 is 5.82 Å². The van der Waals surface area contributed by atoms with Crippen LogP contribution in [0.4, 0.5) is 5.82 Å². The zero-order chi connectivity index (χ0) is 13.6. The molecular weight excluding hydrogens is 248 g/mol. The summed E-state index contributed by atoms with van der Waals surface area (Å²) in [4.78, 5) is 12.6. The maximum absolute atomic E-state index is 4.30. The van der Waals surface area contributed by atoms with Gasteiger partial charge in [-0.25, -0.2) is 9.97 Å². The summed E-state index contributed by atoms with van der Waals surface area (Å²) in [7, 11) is 0. The van der Waals surface area contributed by atoms with Crippen LogP contribution in [0.1, 0.15) is 5.56 Å². The number of benzene rings is 1. The van der Waals surface area contributed by atoms with Crippen LogP contribution >= 0.6 is 0 Å². The Labute approximate surface area is 117 Å². The lowest BCUT2D eigenvalue weighted by Crippen LogP contribution is -2.02. The molecule has 0 saturated heterocycles. The van der Waals surface area contributed by atoms with E-state index in [2.05, 4.69) is 20.3 Å². The monoisotopic (exact) mass is 262 g/mol. The largest absolute Gasteiger partial charge is 0.366 e. The fourth-order valence-corrected chi connectivity index (χ4v) is 1.92. The standard InChI is InChI=1S/C16H14N4/c1-2-6-14(7-3-1)15-9-16(20-12-19-15)18-11-13-5-4-8-17-10-13/h1-10,12H,11H2,(H,18,19,20). The first-order chi connectivity index (χ1) is 9.92. The molecule has 0 radical (unpaired) electrons. The smallest absolute Gasteiger partial charge is 0.130 e. The molecule has 98 valence electrons. The number of rotatable bonds is 4. The molecule has 0 saturated carbocycles. The minimum absolute atomic E-state index is 0.694. The van der Waals surface area contributed by atoms with Gasteiger partial charge in [0.15, 0.2) is 0 Å². The number of anilines is 1. The van der Waals surface area contributed by atoms with Crippen LogP contribution in [0.15, 0.2) is 67.3 Å². The Morgan fingerprint density at radius 2 is 1.85 bits per heavy atom. The second-order valence-corrected chi connectivity index (χ2v) is 4.37. The van der Waals surface area contributed by atoms with Crippen LogP contribution < -0.4 is 5.32 Å². The Kier molecular flexibility index (Phi) is 3.64. The van der Waals surface area contributed by atoms with E-state index < -0.39 is 0 Å². The predicted molar refractivity (Wildman–Crippen MR) is 79.0 cm³/mol. The average molecular weight is 262 g/mol. The van der Waals surface area contributed by atoms with Crippen LogP contribution in [-0.2, 0) is 6.54 Å². The van der Waals surface area contributed by atoms with Gasteiger partial charge in [0, 0.05) is 30.6 Å². The molecule has 1 N–H and O–H groups in total. The summed E-state index contributed by atoms with van der Waals surface area (Å²) >= 11 is 0. The first kappa shape index (κ1) is 12.3. The van der Waals surface area contributed by atoms with Crippen LogP contribution in [0, 0.1) is 0 Å². The molecule has 1 aromatic carbocycles. The third kappa shape index (κ3) is 2.98. The van der Waals surface area contributed by atoms with Gasteiger partial charge in [-0.15, -0.1) is 0 Å². The van der Waals surface area contributed by atoms with Crippen LogP contribution in [0.2, 0.25) is 0 Å². The molecule has 0 fully saturated rings. The van der Waals surface area contributed by atoms with Crippen LogP contribution in [0.3, 0.4) is 0 Å². The highest BCUT2D eigenvalue weighted by molar-refractivity contribution is 5.61. The predicted octanol–water partition coefficient (Wildman–Crippen LogP) is 3.15. The lowest BCUT2D eigenvalue weighted by molar-refractivity contribution is 1.07. The van der Waals surface area contributed by atoms with Crippen molar-refractivity contribution in [2.75, 3.05) is 5.32 Å². The Balaban J connectivity index is 1.75. The van der Waals surface area contributed by atoms with Crippen molar-refractivity contribution in [1.82, 2.24) is 15.0 Å². The van der Waals surface area contributed by atoms with E-state index in [0.29, 0.717) is 6.54 Å². The Morgan fingerprint density at radius 3 is 2.65 bits per heavy atom. The number of hydrogen-bond donors (Lipinski definition) is 1. The van der Waals surface area contributed by atoms with Gasteiger partial charge >= 0.3 is 0 Å². The van der Waals surface area contributed by atoms with Crippen molar-refractivity contribution in [3.63, 3.8) is 0 Å². The summed E-state index contributed by atoms with van der Waals surface area (Å²) in [6.45, 7) is 0.694. The molecule has 0 spiro atoms. The summed E-state index contributed by atoms with van der Waals surface area (Å²) in [6.07, 6.45) is 5.18. The highest BCUT2D eigenvalue weighted by Gasteiger charge is 2.01. The van der Waals surface area contributed by atoms with Crippen molar-refractivity contribution in [2.45, 2.75) is 6.54 Å². The van der Waals surface area contributed by atoms with Gasteiger partial charge < -0.3 is 5.32 Å². The summed E-state index contributed by atoms with van der Waals surface area (Å²) < 4.78 is 0. The number of pyridine rings is 1. The van der Waals surface area contributed by atoms with Gasteiger partial charge in [-0.3, -0.25) is 4.98 Å². The second-order valence-electron chi connectivity index (χ2n) is 4.37. The molecule has 20 heavy (non-hydrogen) atoms. The van der Waals surface area contributed by atoms with E-state index in [4.69, 9.17) is 0 Å². The van der Waals surface area contributed by atoms with E-state index in [1.165, 1.54) is 0 Å². The van der Waals surface area contributed by atoms with Gasteiger partial charge in [0.25, 0.3) is 0 Å². The third-order valence-corrected chi connectivity index (χ3v) is 2.93. The molecule has 2 heterocycles. The molecule has 0 aliphatic carbocycles. The van der Waals surface area contributed by atoms with Gasteiger partial charge in [0.05, 0.1) is 5.69 Å². The molecule has 4 nitrogen and oxygen atoms in total. The minimum Gasteiger partial charge on any atom is -0.366 e. The average Bonchev–Trinajstić information content (AvgIpc) is 2.55. The SMILES string of the molecule is c1ccc(-c2cc(NCc3cccnc3)ncn2)cc1. The second kappa shape index (κ2) is 5.93. The first-order valence-corrected chi connectivity index (χ1v) is 6.42. The molecule has 0 bridgehead atoms. The topological polar surface area (TPSA) is 50.7 Å². The molecular formula is C16H14N4. The number of nitrogens with zero attached hydrogens (tertiary/aromatic N) is 3. The highest BCUT2D eigenvalue weighted by Crippen LogP contribution is 2.18. The lowest BCUT2D eigenvalue weighted by Gasteiger charge is -2.06. The van der Waals surface area contributed by atoms with E-state index in [-0.39, 0.29) is 0 Å². The zero-order valence-corrected chi connectivity index (χ0v) is 10.9.